The Morgan fingerprint density at radius 3 is 2.47 bits per heavy atom. The Balaban J connectivity index is 3.88. The van der Waals surface area contributed by atoms with Crippen LogP contribution < -0.4 is 10.6 Å². The van der Waals surface area contributed by atoms with Gasteiger partial charge in [-0.1, -0.05) is 0 Å². The van der Waals surface area contributed by atoms with Crippen molar-refractivity contribution in [3.8, 4) is 0 Å². The molecule has 0 rings (SSSR count). The summed E-state index contributed by atoms with van der Waals surface area (Å²) in [6.45, 7) is 3.38. The first-order valence-corrected chi connectivity index (χ1v) is 5.44. The average Bonchev–Trinajstić information content (AvgIpc) is 2.13. The summed E-state index contributed by atoms with van der Waals surface area (Å²) >= 11 is 3.97. The van der Waals surface area contributed by atoms with Gasteiger partial charge in [-0.15, -0.1) is 0 Å². The number of carbonyl (C=O) groups is 2. The van der Waals surface area contributed by atoms with Crippen LogP contribution in [0.4, 0.5) is 0 Å². The fourth-order valence-electron chi connectivity index (χ4n) is 0.967. The number of aliphatic hydroxyl groups excluding tert-OH is 1. The number of aliphatic hydroxyl groups is 1. The fourth-order valence-corrected chi connectivity index (χ4v) is 1.22. The maximum Gasteiger partial charge on any atom is 0.243 e. The third-order valence-corrected chi connectivity index (χ3v) is 2.10. The van der Waals surface area contributed by atoms with Crippen molar-refractivity contribution in [3.63, 3.8) is 0 Å². The predicted molar refractivity (Wildman–Crippen MR) is 60.8 cm³/mol. The van der Waals surface area contributed by atoms with E-state index in [0.29, 0.717) is 13.0 Å². The first kappa shape index (κ1) is 14.2. The molecule has 0 saturated heterocycles. The average molecular weight is 234 g/mol. The molecule has 3 N–H and O–H groups in total. The standard InChI is InChI=1S/C9H18N2O3S/c1-6(12)3-4-10-9(14)8(5-15)11-7(2)13/h6,8,12,15H,3-5H2,1-2H3,(H,10,14)(H,11,13). The minimum Gasteiger partial charge on any atom is -0.393 e. The van der Waals surface area contributed by atoms with Gasteiger partial charge in [-0.05, 0) is 13.3 Å². The van der Waals surface area contributed by atoms with Crippen molar-refractivity contribution in [2.45, 2.75) is 32.4 Å². The highest BCUT2D eigenvalue weighted by Crippen LogP contribution is 1.91. The maximum absolute atomic E-state index is 11.4. The van der Waals surface area contributed by atoms with Crippen LogP contribution in [0.3, 0.4) is 0 Å². The lowest BCUT2D eigenvalue weighted by Gasteiger charge is -2.15. The number of nitrogens with one attached hydrogen (secondary N) is 2. The topological polar surface area (TPSA) is 78.4 Å². The summed E-state index contributed by atoms with van der Waals surface area (Å²) in [6.07, 6.45) is 0.0472. The van der Waals surface area contributed by atoms with E-state index in [-0.39, 0.29) is 17.6 Å². The quantitative estimate of drug-likeness (QED) is 0.459. The molecule has 88 valence electrons. The second-order valence-electron chi connectivity index (χ2n) is 3.36. The van der Waals surface area contributed by atoms with E-state index in [1.807, 2.05) is 0 Å². The molecule has 0 aromatic rings. The van der Waals surface area contributed by atoms with E-state index in [0.717, 1.165) is 0 Å². The van der Waals surface area contributed by atoms with Gasteiger partial charge in [0, 0.05) is 19.2 Å². The molecule has 5 nitrogen and oxygen atoms in total. The van der Waals surface area contributed by atoms with Gasteiger partial charge in [0.15, 0.2) is 0 Å². The van der Waals surface area contributed by atoms with Crippen LogP contribution in [-0.4, -0.2) is 41.4 Å². The lowest BCUT2D eigenvalue weighted by Crippen LogP contribution is -2.47. The van der Waals surface area contributed by atoms with Crippen LogP contribution in [0.5, 0.6) is 0 Å². The van der Waals surface area contributed by atoms with Crippen LogP contribution in [0.25, 0.3) is 0 Å². The lowest BCUT2D eigenvalue weighted by molar-refractivity contribution is -0.127. The van der Waals surface area contributed by atoms with Gasteiger partial charge < -0.3 is 15.7 Å². The number of carbonyl (C=O) groups excluding carboxylic acids is 2. The van der Waals surface area contributed by atoms with Crippen molar-refractivity contribution >= 4 is 24.4 Å². The Morgan fingerprint density at radius 1 is 1.47 bits per heavy atom. The van der Waals surface area contributed by atoms with E-state index in [4.69, 9.17) is 5.11 Å². The van der Waals surface area contributed by atoms with Gasteiger partial charge >= 0.3 is 0 Å². The van der Waals surface area contributed by atoms with Gasteiger partial charge in [0.25, 0.3) is 0 Å². The van der Waals surface area contributed by atoms with Crippen molar-refractivity contribution < 1.29 is 14.7 Å². The monoisotopic (exact) mass is 234 g/mol. The van der Waals surface area contributed by atoms with Gasteiger partial charge in [-0.3, -0.25) is 9.59 Å². The minimum atomic E-state index is -0.611. The summed E-state index contributed by atoms with van der Waals surface area (Å²) in [5, 5.41) is 14.1. The van der Waals surface area contributed by atoms with Crippen LogP contribution in [0, 0.1) is 0 Å². The molecule has 0 aliphatic carbocycles. The van der Waals surface area contributed by atoms with E-state index in [1.165, 1.54) is 6.92 Å². The Bertz CT molecular complexity index is 221. The molecule has 0 heterocycles. The van der Waals surface area contributed by atoms with Gasteiger partial charge in [0.05, 0.1) is 6.10 Å². The molecule has 2 unspecified atom stereocenters. The predicted octanol–water partition coefficient (Wildman–Crippen LogP) is -0.692. The normalized spacial score (nSPS) is 14.1. The summed E-state index contributed by atoms with van der Waals surface area (Å²) in [4.78, 5) is 22.2. The molecular weight excluding hydrogens is 216 g/mol. The Labute approximate surface area is 95.0 Å². The highest BCUT2D eigenvalue weighted by molar-refractivity contribution is 7.80. The van der Waals surface area contributed by atoms with Gasteiger partial charge in [0.1, 0.15) is 6.04 Å². The number of hydrogen-bond donors (Lipinski definition) is 4. The molecule has 2 amide bonds. The van der Waals surface area contributed by atoms with E-state index < -0.39 is 12.1 Å². The molecule has 0 aliphatic heterocycles. The zero-order chi connectivity index (χ0) is 11.8. The second kappa shape index (κ2) is 7.53. The summed E-state index contributed by atoms with van der Waals surface area (Å²) in [6, 6.07) is -0.611. The number of rotatable bonds is 6. The Hall–Kier alpha value is -0.750. The van der Waals surface area contributed by atoms with Crippen LogP contribution >= 0.6 is 12.6 Å². The highest BCUT2D eigenvalue weighted by Gasteiger charge is 2.16. The molecule has 0 aliphatic rings. The van der Waals surface area contributed by atoms with Crippen molar-refractivity contribution in [2.75, 3.05) is 12.3 Å². The number of amides is 2. The van der Waals surface area contributed by atoms with Gasteiger partial charge in [-0.2, -0.15) is 12.6 Å². The zero-order valence-corrected chi connectivity index (χ0v) is 9.88. The van der Waals surface area contributed by atoms with Gasteiger partial charge in [0.2, 0.25) is 11.8 Å². The maximum atomic E-state index is 11.4. The first-order valence-electron chi connectivity index (χ1n) is 4.81. The molecule has 0 spiro atoms. The van der Waals surface area contributed by atoms with E-state index in [9.17, 15) is 9.59 Å². The molecule has 0 bridgehead atoms. The summed E-state index contributed by atoms with van der Waals surface area (Å²) in [5.74, 6) is -0.291. The summed E-state index contributed by atoms with van der Waals surface area (Å²) in [5.41, 5.74) is 0. The molecule has 0 radical (unpaired) electrons. The number of hydrogen-bond acceptors (Lipinski definition) is 4. The second-order valence-corrected chi connectivity index (χ2v) is 3.73. The van der Waals surface area contributed by atoms with Crippen molar-refractivity contribution in [1.82, 2.24) is 10.6 Å². The molecule has 2 atom stereocenters. The van der Waals surface area contributed by atoms with E-state index >= 15 is 0 Å². The fraction of sp³-hybridized carbons (Fsp3) is 0.778. The lowest BCUT2D eigenvalue weighted by atomic mass is 10.2. The third kappa shape index (κ3) is 7.21. The Kier molecular flexibility index (Phi) is 7.15. The van der Waals surface area contributed by atoms with Crippen molar-refractivity contribution in [3.05, 3.63) is 0 Å². The minimum absolute atomic E-state index is 0.250. The SMILES string of the molecule is CC(=O)NC(CS)C(=O)NCCC(C)O. The number of thiol groups is 1. The molecular formula is C9H18N2O3S. The summed E-state index contributed by atoms with van der Waals surface area (Å²) in [7, 11) is 0. The van der Waals surface area contributed by atoms with Crippen LogP contribution in [0.1, 0.15) is 20.3 Å². The van der Waals surface area contributed by atoms with E-state index in [2.05, 4.69) is 23.3 Å². The smallest absolute Gasteiger partial charge is 0.243 e. The molecule has 0 aromatic heterocycles. The molecule has 0 aromatic carbocycles. The Morgan fingerprint density at radius 2 is 2.07 bits per heavy atom. The zero-order valence-electron chi connectivity index (χ0n) is 8.99. The first-order chi connectivity index (χ1) is 6.97. The molecule has 0 saturated carbocycles. The van der Waals surface area contributed by atoms with Crippen LogP contribution in [-0.2, 0) is 9.59 Å². The van der Waals surface area contributed by atoms with Crippen molar-refractivity contribution in [1.29, 1.82) is 0 Å². The van der Waals surface area contributed by atoms with Gasteiger partial charge in [-0.25, -0.2) is 0 Å². The van der Waals surface area contributed by atoms with Crippen molar-refractivity contribution in [2.24, 2.45) is 0 Å². The molecule has 0 fully saturated rings. The van der Waals surface area contributed by atoms with E-state index in [1.54, 1.807) is 6.92 Å². The third-order valence-electron chi connectivity index (χ3n) is 1.74. The summed E-state index contributed by atoms with van der Waals surface area (Å²) < 4.78 is 0. The van der Waals surface area contributed by atoms with Crippen LogP contribution in [0.15, 0.2) is 0 Å². The largest absolute Gasteiger partial charge is 0.393 e. The molecule has 6 heteroatoms. The van der Waals surface area contributed by atoms with Crippen LogP contribution in [0.2, 0.25) is 0 Å². The highest BCUT2D eigenvalue weighted by atomic mass is 32.1. The molecule has 15 heavy (non-hydrogen) atoms.